The Morgan fingerprint density at radius 2 is 1.64 bits per heavy atom. The molecular weight excluding hydrogens is 329 g/mol. The van der Waals surface area contributed by atoms with Crippen LogP contribution in [0.1, 0.15) is 26.3 Å². The Morgan fingerprint density at radius 3 is 2.24 bits per heavy atom. The molecular formula is C18H16FNO5. The zero-order valence-electron chi connectivity index (χ0n) is 13.7. The van der Waals surface area contributed by atoms with Gasteiger partial charge in [-0.15, -0.1) is 0 Å². The largest absolute Gasteiger partial charge is 0.465 e. The van der Waals surface area contributed by atoms with E-state index in [0.29, 0.717) is 16.8 Å². The SMILES string of the molecule is COC(=O)c1ccc(NC(=O)COC(=O)c2ccc(C)c(F)c2)cc1. The summed E-state index contributed by atoms with van der Waals surface area (Å²) in [6.07, 6.45) is 0. The van der Waals surface area contributed by atoms with Crippen LogP contribution in [0.5, 0.6) is 0 Å². The molecule has 0 heterocycles. The van der Waals surface area contributed by atoms with E-state index in [0.717, 1.165) is 6.07 Å². The van der Waals surface area contributed by atoms with Gasteiger partial charge in [-0.2, -0.15) is 0 Å². The summed E-state index contributed by atoms with van der Waals surface area (Å²) in [7, 11) is 1.27. The summed E-state index contributed by atoms with van der Waals surface area (Å²) >= 11 is 0. The summed E-state index contributed by atoms with van der Waals surface area (Å²) in [5.41, 5.74) is 1.20. The molecule has 130 valence electrons. The van der Waals surface area contributed by atoms with Crippen LogP contribution in [-0.2, 0) is 14.3 Å². The van der Waals surface area contributed by atoms with Gasteiger partial charge in [0.05, 0.1) is 18.2 Å². The first kappa shape index (κ1) is 18.1. The van der Waals surface area contributed by atoms with Gasteiger partial charge in [-0.1, -0.05) is 6.07 Å². The minimum atomic E-state index is -0.796. The normalized spacial score (nSPS) is 10.0. The number of halogens is 1. The summed E-state index contributed by atoms with van der Waals surface area (Å²) < 4.78 is 22.8. The van der Waals surface area contributed by atoms with Gasteiger partial charge in [-0.25, -0.2) is 14.0 Å². The molecule has 0 saturated carbocycles. The Labute approximate surface area is 143 Å². The topological polar surface area (TPSA) is 81.7 Å². The van der Waals surface area contributed by atoms with E-state index in [1.165, 1.54) is 43.5 Å². The molecule has 0 atom stereocenters. The molecule has 0 radical (unpaired) electrons. The number of benzene rings is 2. The number of carbonyl (C=O) groups is 3. The van der Waals surface area contributed by atoms with E-state index < -0.39 is 30.3 Å². The fourth-order valence-corrected chi connectivity index (χ4v) is 1.94. The maximum atomic E-state index is 13.4. The molecule has 7 heteroatoms. The van der Waals surface area contributed by atoms with Gasteiger partial charge in [0, 0.05) is 5.69 Å². The predicted molar refractivity (Wildman–Crippen MR) is 87.8 cm³/mol. The Hall–Kier alpha value is -3.22. The number of esters is 2. The number of nitrogens with one attached hydrogen (secondary N) is 1. The molecule has 25 heavy (non-hydrogen) atoms. The molecule has 0 bridgehead atoms. The van der Waals surface area contributed by atoms with Gasteiger partial charge in [0.25, 0.3) is 5.91 Å². The number of ether oxygens (including phenoxy) is 2. The fourth-order valence-electron chi connectivity index (χ4n) is 1.94. The van der Waals surface area contributed by atoms with Crippen LogP contribution in [0.25, 0.3) is 0 Å². The zero-order valence-corrected chi connectivity index (χ0v) is 13.7. The Balaban J connectivity index is 1.88. The number of carbonyl (C=O) groups excluding carboxylic acids is 3. The lowest BCUT2D eigenvalue weighted by molar-refractivity contribution is -0.119. The number of hydrogen-bond acceptors (Lipinski definition) is 5. The molecule has 6 nitrogen and oxygen atoms in total. The van der Waals surface area contributed by atoms with Crippen molar-refractivity contribution >= 4 is 23.5 Å². The summed E-state index contributed by atoms with van der Waals surface area (Å²) in [5, 5.41) is 2.51. The van der Waals surface area contributed by atoms with Gasteiger partial charge < -0.3 is 14.8 Å². The van der Waals surface area contributed by atoms with Crippen molar-refractivity contribution < 1.29 is 28.2 Å². The molecule has 1 N–H and O–H groups in total. The number of hydrogen-bond donors (Lipinski definition) is 1. The van der Waals surface area contributed by atoms with E-state index in [9.17, 15) is 18.8 Å². The van der Waals surface area contributed by atoms with E-state index in [-0.39, 0.29) is 5.56 Å². The van der Waals surface area contributed by atoms with Gasteiger partial charge >= 0.3 is 11.9 Å². The number of rotatable bonds is 5. The summed E-state index contributed by atoms with van der Waals surface area (Å²) in [5.74, 6) is -2.37. The number of aryl methyl sites for hydroxylation is 1. The third kappa shape index (κ3) is 4.87. The van der Waals surface area contributed by atoms with Crippen molar-refractivity contribution in [2.75, 3.05) is 19.0 Å². The molecule has 0 aliphatic carbocycles. The molecule has 2 aromatic carbocycles. The van der Waals surface area contributed by atoms with Crippen molar-refractivity contribution in [3.05, 3.63) is 65.0 Å². The van der Waals surface area contributed by atoms with Crippen LogP contribution in [0.2, 0.25) is 0 Å². The van der Waals surface area contributed by atoms with Gasteiger partial charge in [0.2, 0.25) is 0 Å². The van der Waals surface area contributed by atoms with Crippen molar-refractivity contribution in [3.8, 4) is 0 Å². The quantitative estimate of drug-likeness (QED) is 0.843. The van der Waals surface area contributed by atoms with Crippen molar-refractivity contribution in [1.29, 1.82) is 0 Å². The minimum Gasteiger partial charge on any atom is -0.465 e. The lowest BCUT2D eigenvalue weighted by atomic mass is 10.1. The monoisotopic (exact) mass is 345 g/mol. The average Bonchev–Trinajstić information content (AvgIpc) is 2.62. The summed E-state index contributed by atoms with van der Waals surface area (Å²) in [6, 6.07) is 9.94. The average molecular weight is 345 g/mol. The van der Waals surface area contributed by atoms with E-state index in [1.54, 1.807) is 6.92 Å². The van der Waals surface area contributed by atoms with Gasteiger partial charge in [-0.05, 0) is 48.9 Å². The van der Waals surface area contributed by atoms with E-state index in [4.69, 9.17) is 4.74 Å². The Kier molecular flexibility index (Phi) is 5.84. The van der Waals surface area contributed by atoms with Crippen molar-refractivity contribution in [2.24, 2.45) is 0 Å². The summed E-state index contributed by atoms with van der Waals surface area (Å²) in [4.78, 5) is 34.9. The maximum Gasteiger partial charge on any atom is 0.338 e. The first-order valence-electron chi connectivity index (χ1n) is 7.32. The minimum absolute atomic E-state index is 0.0262. The van der Waals surface area contributed by atoms with Crippen LogP contribution < -0.4 is 5.32 Å². The van der Waals surface area contributed by atoms with Gasteiger partial charge in [-0.3, -0.25) is 4.79 Å². The van der Waals surface area contributed by atoms with Crippen LogP contribution in [0.3, 0.4) is 0 Å². The van der Waals surface area contributed by atoms with Crippen LogP contribution >= 0.6 is 0 Å². The molecule has 0 unspecified atom stereocenters. The van der Waals surface area contributed by atoms with Crippen LogP contribution in [-0.4, -0.2) is 31.6 Å². The molecule has 1 amide bonds. The van der Waals surface area contributed by atoms with Crippen LogP contribution in [0.15, 0.2) is 42.5 Å². The predicted octanol–water partition coefficient (Wildman–Crippen LogP) is 2.72. The smallest absolute Gasteiger partial charge is 0.338 e. The maximum absolute atomic E-state index is 13.4. The van der Waals surface area contributed by atoms with Crippen LogP contribution in [0, 0.1) is 12.7 Å². The standard InChI is InChI=1S/C18H16FNO5/c1-11-3-4-13(9-15(11)19)18(23)25-10-16(21)20-14-7-5-12(6-8-14)17(22)24-2/h3-9H,10H2,1-2H3,(H,20,21). The molecule has 0 aliphatic heterocycles. The highest BCUT2D eigenvalue weighted by molar-refractivity contribution is 5.96. The Bertz CT molecular complexity index is 802. The first-order chi connectivity index (χ1) is 11.9. The molecule has 2 aromatic rings. The molecule has 0 spiro atoms. The molecule has 0 fully saturated rings. The third-order valence-corrected chi connectivity index (χ3v) is 3.33. The molecule has 0 aliphatic rings. The molecule has 0 aromatic heterocycles. The van der Waals surface area contributed by atoms with E-state index in [1.807, 2.05) is 0 Å². The van der Waals surface area contributed by atoms with Gasteiger partial charge in [0.1, 0.15) is 5.82 Å². The van der Waals surface area contributed by atoms with Crippen LogP contribution in [0.4, 0.5) is 10.1 Å². The molecule has 0 saturated heterocycles. The Morgan fingerprint density at radius 1 is 1.00 bits per heavy atom. The lowest BCUT2D eigenvalue weighted by Gasteiger charge is -2.08. The number of methoxy groups -OCH3 is 1. The number of anilines is 1. The van der Waals surface area contributed by atoms with Crippen molar-refractivity contribution in [1.82, 2.24) is 0 Å². The number of amides is 1. The lowest BCUT2D eigenvalue weighted by Crippen LogP contribution is -2.21. The highest BCUT2D eigenvalue weighted by Gasteiger charge is 2.12. The molecule has 2 rings (SSSR count). The van der Waals surface area contributed by atoms with E-state index >= 15 is 0 Å². The van der Waals surface area contributed by atoms with Crippen molar-refractivity contribution in [3.63, 3.8) is 0 Å². The second-order valence-electron chi connectivity index (χ2n) is 5.16. The first-order valence-corrected chi connectivity index (χ1v) is 7.32. The summed E-state index contributed by atoms with van der Waals surface area (Å²) in [6.45, 7) is 1.05. The highest BCUT2D eigenvalue weighted by Crippen LogP contribution is 2.12. The second kappa shape index (κ2) is 8.05. The fraction of sp³-hybridized carbons (Fsp3) is 0.167. The van der Waals surface area contributed by atoms with Crippen molar-refractivity contribution in [2.45, 2.75) is 6.92 Å². The zero-order chi connectivity index (χ0) is 18.4. The highest BCUT2D eigenvalue weighted by atomic mass is 19.1. The third-order valence-electron chi connectivity index (χ3n) is 3.33. The van der Waals surface area contributed by atoms with E-state index in [2.05, 4.69) is 10.1 Å². The second-order valence-corrected chi connectivity index (χ2v) is 5.16. The van der Waals surface area contributed by atoms with Gasteiger partial charge in [0.15, 0.2) is 6.61 Å².